The van der Waals surface area contributed by atoms with E-state index < -0.39 is 0 Å². The van der Waals surface area contributed by atoms with E-state index in [1.165, 1.54) is 67.2 Å². The highest BCUT2D eigenvalue weighted by Crippen LogP contribution is 2.49. The summed E-state index contributed by atoms with van der Waals surface area (Å²) >= 11 is 0. The van der Waals surface area contributed by atoms with Crippen molar-refractivity contribution in [2.24, 2.45) is 15.9 Å². The summed E-state index contributed by atoms with van der Waals surface area (Å²) in [5.74, 6) is 1.65. The number of aryl methyl sites for hydroxylation is 1. The lowest BCUT2D eigenvalue weighted by molar-refractivity contribution is 0.301. The van der Waals surface area contributed by atoms with Crippen LogP contribution in [0.25, 0.3) is 0 Å². The van der Waals surface area contributed by atoms with Crippen LogP contribution in [0.15, 0.2) is 70.8 Å². The van der Waals surface area contributed by atoms with Gasteiger partial charge in [0.2, 0.25) is 0 Å². The van der Waals surface area contributed by atoms with Crippen LogP contribution >= 0.6 is 0 Å². The van der Waals surface area contributed by atoms with Crippen molar-refractivity contribution >= 4 is 12.6 Å². The number of benzene rings is 2. The molecule has 2 saturated carbocycles. The molecule has 2 heteroatoms. The van der Waals surface area contributed by atoms with Crippen LogP contribution in [0.1, 0.15) is 80.5 Å². The smallest absolute Gasteiger partial charge is 0.124 e. The Labute approximate surface area is 188 Å². The number of unbranched alkanes of at least 4 members (excludes halogenated alkanes) is 1. The first-order valence-corrected chi connectivity index (χ1v) is 12.0. The number of hydrogen-bond acceptors (Lipinski definition) is 1. The van der Waals surface area contributed by atoms with E-state index in [4.69, 9.17) is 0 Å². The van der Waals surface area contributed by atoms with Gasteiger partial charge < -0.3 is 0 Å². The average Bonchev–Trinajstić information content (AvgIpc) is 2.74. The number of aliphatic imine (C=N–C) groups is 2. The van der Waals surface area contributed by atoms with Crippen LogP contribution in [0.2, 0.25) is 0 Å². The van der Waals surface area contributed by atoms with E-state index in [9.17, 15) is 0 Å². The first kappa shape index (κ1) is 21.7. The minimum absolute atomic E-state index is 0.241. The molecule has 0 heterocycles. The second kappa shape index (κ2) is 10.2. The van der Waals surface area contributed by atoms with Crippen LogP contribution in [0.5, 0.6) is 0 Å². The third kappa shape index (κ3) is 5.23. The molecule has 0 spiro atoms. The predicted molar refractivity (Wildman–Crippen MR) is 133 cm³/mol. The molecule has 0 aromatic heterocycles. The van der Waals surface area contributed by atoms with Gasteiger partial charge in [-0.2, -0.15) is 0 Å². The second-order valence-corrected chi connectivity index (χ2v) is 9.44. The maximum atomic E-state index is 4.20. The maximum absolute atomic E-state index is 4.20. The fourth-order valence-corrected chi connectivity index (χ4v) is 4.95. The summed E-state index contributed by atoms with van der Waals surface area (Å²) in [6.45, 7) is 5.33. The Bertz CT molecular complexity index is 910. The summed E-state index contributed by atoms with van der Waals surface area (Å²) in [6, 6.07) is 19.1. The average molecular weight is 413 g/mol. The predicted octanol–water partition coefficient (Wildman–Crippen LogP) is 7.45. The van der Waals surface area contributed by atoms with Crippen molar-refractivity contribution in [1.29, 1.82) is 0 Å². The third-order valence-corrected chi connectivity index (χ3v) is 7.40. The fourth-order valence-electron chi connectivity index (χ4n) is 4.95. The van der Waals surface area contributed by atoms with Gasteiger partial charge in [0.15, 0.2) is 0 Å². The second-order valence-electron chi connectivity index (χ2n) is 9.44. The monoisotopic (exact) mass is 412 g/mol. The molecular weight excluding hydrogens is 376 g/mol. The van der Waals surface area contributed by atoms with E-state index in [1.54, 1.807) is 0 Å². The van der Waals surface area contributed by atoms with Crippen LogP contribution in [-0.4, -0.2) is 12.6 Å². The molecule has 0 saturated heterocycles. The molecule has 0 N–H and O–H groups in total. The van der Waals surface area contributed by atoms with Crippen LogP contribution in [0.4, 0.5) is 0 Å². The quantitative estimate of drug-likeness (QED) is 0.232. The first-order valence-electron chi connectivity index (χ1n) is 12.0. The normalized spacial score (nSPS) is 18.5. The molecule has 2 fully saturated rings. The number of allylic oxidation sites excluding steroid dienone is 1. The molecule has 2 aromatic rings. The Morgan fingerprint density at radius 3 is 2.13 bits per heavy atom. The Kier molecular flexibility index (Phi) is 7.17. The molecule has 0 aliphatic heterocycles. The van der Waals surface area contributed by atoms with Crippen molar-refractivity contribution in [1.82, 2.24) is 0 Å². The van der Waals surface area contributed by atoms with Gasteiger partial charge in [0.05, 0.1) is 0 Å². The molecule has 0 radical (unpaired) electrons. The van der Waals surface area contributed by atoms with E-state index in [0.717, 1.165) is 25.2 Å². The van der Waals surface area contributed by atoms with Crippen molar-refractivity contribution in [3.8, 4) is 0 Å². The standard InChI is InChI=1S/C29H36N2/c1-23(30-2)31-21-5-3-4-8-24-11-15-27(16-12-24)29(19-7-20-29)28-17-13-26(14-18-28)22-25-9-6-10-25/h5,11-18,21,25H,2-4,6-10,19-20,22H2,1H3/b21-5-,31-23?. The van der Waals surface area contributed by atoms with Crippen molar-refractivity contribution in [3.05, 3.63) is 83.1 Å². The molecular formula is C29H36N2. The third-order valence-electron chi connectivity index (χ3n) is 7.40. The molecule has 2 aliphatic carbocycles. The Hall–Kier alpha value is -2.48. The summed E-state index contributed by atoms with van der Waals surface area (Å²) in [4.78, 5) is 7.99. The molecule has 0 bridgehead atoms. The summed E-state index contributed by atoms with van der Waals surface area (Å²) in [6.07, 6.45) is 16.7. The van der Waals surface area contributed by atoms with Gasteiger partial charge in [-0.05, 0) is 80.3 Å². The van der Waals surface area contributed by atoms with Gasteiger partial charge in [-0.1, -0.05) is 80.3 Å². The van der Waals surface area contributed by atoms with Gasteiger partial charge in [0, 0.05) is 11.6 Å². The van der Waals surface area contributed by atoms with E-state index in [0.29, 0.717) is 5.84 Å². The molecule has 0 unspecified atom stereocenters. The molecule has 2 nitrogen and oxygen atoms in total. The van der Waals surface area contributed by atoms with Gasteiger partial charge in [-0.25, -0.2) is 9.98 Å². The highest BCUT2D eigenvalue weighted by molar-refractivity contribution is 5.84. The van der Waals surface area contributed by atoms with Gasteiger partial charge in [-0.15, -0.1) is 0 Å². The molecule has 2 aliphatic rings. The zero-order valence-electron chi connectivity index (χ0n) is 19.0. The van der Waals surface area contributed by atoms with E-state index in [1.807, 2.05) is 13.1 Å². The Balaban J connectivity index is 1.35. The molecule has 162 valence electrons. The van der Waals surface area contributed by atoms with Crippen molar-refractivity contribution in [2.75, 3.05) is 0 Å². The molecule has 0 amide bonds. The van der Waals surface area contributed by atoms with Gasteiger partial charge in [-0.3, -0.25) is 0 Å². The van der Waals surface area contributed by atoms with Gasteiger partial charge in [0.25, 0.3) is 0 Å². The summed E-state index contributed by atoms with van der Waals surface area (Å²) < 4.78 is 0. The first-order chi connectivity index (χ1) is 15.2. The number of rotatable bonds is 9. The lowest BCUT2D eigenvalue weighted by Gasteiger charge is -2.43. The Morgan fingerprint density at radius 2 is 1.61 bits per heavy atom. The number of hydrogen-bond donors (Lipinski definition) is 0. The van der Waals surface area contributed by atoms with Crippen LogP contribution in [-0.2, 0) is 18.3 Å². The van der Waals surface area contributed by atoms with Crippen LogP contribution in [0.3, 0.4) is 0 Å². The zero-order valence-corrected chi connectivity index (χ0v) is 19.0. The minimum Gasteiger partial charge on any atom is -0.250 e. The summed E-state index contributed by atoms with van der Waals surface area (Å²) in [5.41, 5.74) is 6.20. The van der Waals surface area contributed by atoms with E-state index >= 15 is 0 Å². The van der Waals surface area contributed by atoms with Gasteiger partial charge >= 0.3 is 0 Å². The summed E-state index contributed by atoms with van der Waals surface area (Å²) in [5, 5.41) is 0. The van der Waals surface area contributed by atoms with Crippen molar-refractivity contribution < 1.29 is 0 Å². The molecule has 2 aromatic carbocycles. The maximum Gasteiger partial charge on any atom is 0.124 e. The lowest BCUT2D eigenvalue weighted by atomic mass is 9.60. The van der Waals surface area contributed by atoms with E-state index in [-0.39, 0.29) is 5.41 Å². The molecule has 0 atom stereocenters. The van der Waals surface area contributed by atoms with E-state index in [2.05, 4.69) is 71.3 Å². The topological polar surface area (TPSA) is 24.7 Å². The van der Waals surface area contributed by atoms with Crippen molar-refractivity contribution in [2.45, 2.75) is 76.5 Å². The number of amidine groups is 1. The summed E-state index contributed by atoms with van der Waals surface area (Å²) in [7, 11) is 0. The van der Waals surface area contributed by atoms with Gasteiger partial charge in [0.1, 0.15) is 5.84 Å². The van der Waals surface area contributed by atoms with Crippen LogP contribution < -0.4 is 0 Å². The lowest BCUT2D eigenvalue weighted by Crippen LogP contribution is -2.35. The number of nitrogens with zero attached hydrogens (tertiary/aromatic N) is 2. The highest BCUT2D eigenvalue weighted by Gasteiger charge is 2.40. The molecule has 31 heavy (non-hydrogen) atoms. The zero-order chi connectivity index (χ0) is 21.5. The van der Waals surface area contributed by atoms with Crippen LogP contribution in [0, 0.1) is 5.92 Å². The SMILES string of the molecule is C=NC(C)=N/C=C\CCCc1ccc(C2(c3ccc(CC4CCC4)cc3)CCC2)cc1. The highest BCUT2D eigenvalue weighted by atomic mass is 14.9. The fraction of sp³-hybridized carbons (Fsp3) is 0.448. The minimum atomic E-state index is 0.241. The van der Waals surface area contributed by atoms with Crippen molar-refractivity contribution in [3.63, 3.8) is 0 Å². The Morgan fingerprint density at radius 1 is 0.968 bits per heavy atom. The molecule has 4 rings (SSSR count). The largest absolute Gasteiger partial charge is 0.250 e.